The second-order valence-corrected chi connectivity index (χ2v) is 10.2. The Balaban J connectivity index is 1.35. The molecule has 0 aliphatic heterocycles. The minimum absolute atomic E-state index is 1.25. The van der Waals surface area contributed by atoms with Crippen molar-refractivity contribution in [3.8, 4) is 22.3 Å². The Hall–Kier alpha value is -4.94. The van der Waals surface area contributed by atoms with Crippen LogP contribution in [0.15, 0.2) is 146 Å². The zero-order valence-electron chi connectivity index (χ0n) is 20.9. The van der Waals surface area contributed by atoms with Gasteiger partial charge in [-0.05, 0) is 100 Å². The lowest BCUT2D eigenvalue weighted by molar-refractivity contribution is 1.68. The van der Waals surface area contributed by atoms with E-state index in [1.807, 2.05) is 0 Å². The van der Waals surface area contributed by atoms with E-state index in [0.717, 1.165) is 0 Å². The van der Waals surface area contributed by atoms with E-state index in [2.05, 4.69) is 146 Å². The fourth-order valence-electron chi connectivity index (χ4n) is 6.08. The number of hydrogen-bond donors (Lipinski definition) is 0. The summed E-state index contributed by atoms with van der Waals surface area (Å²) in [5.41, 5.74) is 5.04. The van der Waals surface area contributed by atoms with Crippen molar-refractivity contribution in [2.24, 2.45) is 0 Å². The molecule has 0 nitrogen and oxygen atoms in total. The molecule has 8 aromatic rings. The van der Waals surface area contributed by atoms with Crippen LogP contribution in [0.4, 0.5) is 0 Å². The zero-order chi connectivity index (χ0) is 25.1. The molecule has 0 aromatic heterocycles. The normalized spacial score (nSPS) is 11.7. The van der Waals surface area contributed by atoms with Gasteiger partial charge in [-0.15, -0.1) is 0 Å². The third-order valence-electron chi connectivity index (χ3n) is 7.98. The first kappa shape index (κ1) is 21.2. The molecule has 0 amide bonds. The summed E-state index contributed by atoms with van der Waals surface area (Å²) in [5, 5.41) is 12.9. The van der Waals surface area contributed by atoms with Crippen molar-refractivity contribution in [1.29, 1.82) is 0 Å². The van der Waals surface area contributed by atoms with Crippen molar-refractivity contribution in [1.82, 2.24) is 0 Å². The van der Waals surface area contributed by atoms with Gasteiger partial charge < -0.3 is 0 Å². The molecular weight excluding hydrogens is 456 g/mol. The maximum atomic E-state index is 2.37. The van der Waals surface area contributed by atoms with Crippen LogP contribution in [-0.2, 0) is 0 Å². The van der Waals surface area contributed by atoms with Crippen molar-refractivity contribution < 1.29 is 0 Å². The standard InChI is InChI=1S/C38H24/c1-3-9-27-21-29(15-13-25(27)7-1)30-19-20-34-31(23-30)17-18-33-24-37(35-11-5-6-12-36(35)38(33)34)32-16-14-26-8-2-4-10-28(26)22-32/h1-24H. The molecule has 0 heteroatoms. The zero-order valence-corrected chi connectivity index (χ0v) is 20.9. The summed E-state index contributed by atoms with van der Waals surface area (Å²) in [7, 11) is 0. The van der Waals surface area contributed by atoms with E-state index in [9.17, 15) is 0 Å². The van der Waals surface area contributed by atoms with Gasteiger partial charge in [0.2, 0.25) is 0 Å². The molecular formula is C38H24. The quantitative estimate of drug-likeness (QED) is 0.216. The van der Waals surface area contributed by atoms with E-state index < -0.39 is 0 Å². The summed E-state index contributed by atoms with van der Waals surface area (Å²) in [6.07, 6.45) is 0. The molecule has 8 aromatic carbocycles. The highest BCUT2D eigenvalue weighted by Gasteiger charge is 2.12. The summed E-state index contributed by atoms with van der Waals surface area (Å²) < 4.78 is 0. The van der Waals surface area contributed by atoms with Crippen LogP contribution < -0.4 is 0 Å². The van der Waals surface area contributed by atoms with Crippen molar-refractivity contribution in [2.45, 2.75) is 0 Å². The van der Waals surface area contributed by atoms with E-state index in [1.54, 1.807) is 0 Å². The third kappa shape index (κ3) is 3.31. The van der Waals surface area contributed by atoms with Crippen LogP contribution in [0.2, 0.25) is 0 Å². The Morgan fingerprint density at radius 3 is 1.50 bits per heavy atom. The van der Waals surface area contributed by atoms with Crippen LogP contribution in [0.25, 0.3) is 76.1 Å². The molecule has 0 aliphatic rings. The lowest BCUT2D eigenvalue weighted by atomic mass is 9.89. The third-order valence-corrected chi connectivity index (χ3v) is 7.98. The van der Waals surface area contributed by atoms with Crippen LogP contribution in [0.1, 0.15) is 0 Å². The van der Waals surface area contributed by atoms with Crippen LogP contribution in [0.5, 0.6) is 0 Å². The van der Waals surface area contributed by atoms with Gasteiger partial charge >= 0.3 is 0 Å². The van der Waals surface area contributed by atoms with Gasteiger partial charge in [0.1, 0.15) is 0 Å². The summed E-state index contributed by atoms with van der Waals surface area (Å²) in [6.45, 7) is 0. The monoisotopic (exact) mass is 480 g/mol. The largest absolute Gasteiger partial charge is 0.0616 e. The summed E-state index contributed by atoms with van der Waals surface area (Å²) >= 11 is 0. The summed E-state index contributed by atoms with van der Waals surface area (Å²) in [4.78, 5) is 0. The SMILES string of the molecule is c1ccc2cc(-c3ccc4c(ccc5cc(-c6ccc7ccccc7c6)c6ccccc6c54)c3)ccc2c1. The molecule has 0 heterocycles. The molecule has 0 fully saturated rings. The molecule has 0 bridgehead atoms. The fraction of sp³-hybridized carbons (Fsp3) is 0. The first-order valence-corrected chi connectivity index (χ1v) is 13.2. The molecule has 0 unspecified atom stereocenters. The molecule has 0 atom stereocenters. The molecule has 0 aliphatic carbocycles. The van der Waals surface area contributed by atoms with Gasteiger partial charge in [0.05, 0.1) is 0 Å². The van der Waals surface area contributed by atoms with E-state index in [1.165, 1.54) is 76.1 Å². The Labute approximate surface area is 221 Å². The van der Waals surface area contributed by atoms with E-state index in [0.29, 0.717) is 0 Å². The minimum atomic E-state index is 1.25. The smallest absolute Gasteiger partial charge is 0.00264 e. The topological polar surface area (TPSA) is 0 Å². The Morgan fingerprint density at radius 2 is 0.763 bits per heavy atom. The Kier molecular flexibility index (Phi) is 4.62. The second-order valence-electron chi connectivity index (χ2n) is 10.2. The van der Waals surface area contributed by atoms with Crippen molar-refractivity contribution in [3.05, 3.63) is 146 Å². The highest BCUT2D eigenvalue weighted by Crippen LogP contribution is 2.40. The molecule has 0 N–H and O–H groups in total. The summed E-state index contributed by atoms with van der Waals surface area (Å²) in [6, 6.07) is 53.4. The number of benzene rings is 8. The van der Waals surface area contributed by atoms with Gasteiger partial charge in [0.25, 0.3) is 0 Å². The molecule has 0 saturated carbocycles. The minimum Gasteiger partial charge on any atom is -0.0616 e. The number of rotatable bonds is 2. The molecule has 0 radical (unpaired) electrons. The first-order valence-electron chi connectivity index (χ1n) is 13.2. The van der Waals surface area contributed by atoms with Gasteiger partial charge in [-0.25, -0.2) is 0 Å². The van der Waals surface area contributed by atoms with Gasteiger partial charge in [-0.2, -0.15) is 0 Å². The Morgan fingerprint density at radius 1 is 0.263 bits per heavy atom. The number of hydrogen-bond acceptors (Lipinski definition) is 0. The molecule has 38 heavy (non-hydrogen) atoms. The molecule has 176 valence electrons. The molecule has 0 saturated heterocycles. The number of fused-ring (bicyclic) bond motifs is 7. The van der Waals surface area contributed by atoms with Crippen molar-refractivity contribution in [2.75, 3.05) is 0 Å². The lowest BCUT2D eigenvalue weighted by Gasteiger charge is -2.14. The van der Waals surface area contributed by atoms with Crippen molar-refractivity contribution in [3.63, 3.8) is 0 Å². The lowest BCUT2D eigenvalue weighted by Crippen LogP contribution is -1.87. The molecule has 8 rings (SSSR count). The van der Waals surface area contributed by atoms with Crippen LogP contribution in [0, 0.1) is 0 Å². The van der Waals surface area contributed by atoms with Crippen molar-refractivity contribution >= 4 is 53.9 Å². The van der Waals surface area contributed by atoms with Crippen LogP contribution >= 0.6 is 0 Å². The van der Waals surface area contributed by atoms with Gasteiger partial charge in [0.15, 0.2) is 0 Å². The van der Waals surface area contributed by atoms with Gasteiger partial charge in [-0.1, -0.05) is 121 Å². The van der Waals surface area contributed by atoms with Crippen LogP contribution in [0.3, 0.4) is 0 Å². The van der Waals surface area contributed by atoms with E-state index >= 15 is 0 Å². The average molecular weight is 481 g/mol. The Bertz CT molecular complexity index is 2180. The fourth-order valence-corrected chi connectivity index (χ4v) is 6.08. The van der Waals surface area contributed by atoms with Crippen LogP contribution in [-0.4, -0.2) is 0 Å². The maximum Gasteiger partial charge on any atom is -0.00264 e. The highest BCUT2D eigenvalue weighted by atomic mass is 14.2. The maximum absolute atomic E-state index is 2.37. The predicted molar refractivity (Wildman–Crippen MR) is 165 cm³/mol. The summed E-state index contributed by atoms with van der Waals surface area (Å²) in [5.74, 6) is 0. The highest BCUT2D eigenvalue weighted by molar-refractivity contribution is 6.23. The van der Waals surface area contributed by atoms with Gasteiger partial charge in [-0.3, -0.25) is 0 Å². The molecule has 0 spiro atoms. The second kappa shape index (κ2) is 8.30. The van der Waals surface area contributed by atoms with Gasteiger partial charge in [0, 0.05) is 0 Å². The first-order chi connectivity index (χ1) is 18.8. The predicted octanol–water partition coefficient (Wildman–Crippen LogP) is 10.8. The average Bonchev–Trinajstić information content (AvgIpc) is 2.99. The van der Waals surface area contributed by atoms with E-state index in [4.69, 9.17) is 0 Å². The van der Waals surface area contributed by atoms with E-state index in [-0.39, 0.29) is 0 Å².